The van der Waals surface area contributed by atoms with E-state index in [0.29, 0.717) is 0 Å². The minimum absolute atomic E-state index is 0.0340. The first-order valence-corrected chi connectivity index (χ1v) is 7.73. The molecule has 118 valence electrons. The molecule has 2 N–H and O–H groups in total. The molecule has 0 saturated carbocycles. The Morgan fingerprint density at radius 1 is 1.36 bits per heavy atom. The SMILES string of the molecule is COC1(CNCc2ccc(-n3cccn3)nc2)CCNCC1. The summed E-state index contributed by atoms with van der Waals surface area (Å²) in [6, 6.07) is 5.96. The van der Waals surface area contributed by atoms with Crippen molar-refractivity contribution in [3.63, 3.8) is 0 Å². The minimum atomic E-state index is -0.0340. The maximum Gasteiger partial charge on any atom is 0.153 e. The van der Waals surface area contributed by atoms with Crippen molar-refractivity contribution in [2.75, 3.05) is 26.7 Å². The Labute approximate surface area is 130 Å². The highest BCUT2D eigenvalue weighted by Crippen LogP contribution is 2.21. The summed E-state index contributed by atoms with van der Waals surface area (Å²) in [5.74, 6) is 0.834. The van der Waals surface area contributed by atoms with E-state index >= 15 is 0 Å². The van der Waals surface area contributed by atoms with Crippen LogP contribution in [0.4, 0.5) is 0 Å². The maximum absolute atomic E-state index is 5.76. The highest BCUT2D eigenvalue weighted by Gasteiger charge is 2.31. The summed E-state index contributed by atoms with van der Waals surface area (Å²) in [5.41, 5.74) is 1.13. The fourth-order valence-electron chi connectivity index (χ4n) is 2.83. The first-order valence-electron chi connectivity index (χ1n) is 7.73. The van der Waals surface area contributed by atoms with E-state index in [4.69, 9.17) is 4.74 Å². The molecule has 22 heavy (non-hydrogen) atoms. The molecule has 0 atom stereocenters. The molecular weight excluding hydrogens is 278 g/mol. The molecule has 1 saturated heterocycles. The van der Waals surface area contributed by atoms with Gasteiger partial charge in [0, 0.05) is 38.8 Å². The molecule has 0 aromatic carbocycles. The predicted molar refractivity (Wildman–Crippen MR) is 84.9 cm³/mol. The van der Waals surface area contributed by atoms with Gasteiger partial charge in [-0.2, -0.15) is 5.10 Å². The number of nitrogens with zero attached hydrogens (tertiary/aromatic N) is 3. The molecule has 2 aromatic rings. The van der Waals surface area contributed by atoms with Crippen molar-refractivity contribution in [1.29, 1.82) is 0 Å². The van der Waals surface area contributed by atoms with Gasteiger partial charge in [-0.3, -0.25) is 0 Å². The maximum atomic E-state index is 5.76. The molecule has 3 heterocycles. The highest BCUT2D eigenvalue weighted by atomic mass is 16.5. The van der Waals surface area contributed by atoms with Crippen LogP contribution in [0.15, 0.2) is 36.8 Å². The van der Waals surface area contributed by atoms with Crippen molar-refractivity contribution in [2.45, 2.75) is 25.0 Å². The summed E-state index contributed by atoms with van der Waals surface area (Å²) in [5, 5.41) is 11.1. The molecule has 3 rings (SSSR count). The standard InChI is InChI=1S/C16H23N5O/c1-22-16(5-8-17-9-6-16)13-18-11-14-3-4-15(19-12-14)21-10-2-7-20-21/h2-4,7,10,12,17-18H,5-6,8-9,11,13H2,1H3. The van der Waals surface area contributed by atoms with E-state index in [2.05, 4.69) is 26.8 Å². The number of piperidine rings is 1. The van der Waals surface area contributed by atoms with Crippen LogP contribution in [0.3, 0.4) is 0 Å². The monoisotopic (exact) mass is 301 g/mol. The van der Waals surface area contributed by atoms with Crippen molar-refractivity contribution in [3.05, 3.63) is 42.4 Å². The quantitative estimate of drug-likeness (QED) is 0.837. The molecule has 1 fully saturated rings. The van der Waals surface area contributed by atoms with Gasteiger partial charge < -0.3 is 15.4 Å². The van der Waals surface area contributed by atoms with E-state index in [1.807, 2.05) is 31.6 Å². The molecule has 1 aliphatic rings. The molecular formula is C16H23N5O. The topological polar surface area (TPSA) is 64.0 Å². The Bertz CT molecular complexity index is 561. The molecule has 0 unspecified atom stereocenters. The van der Waals surface area contributed by atoms with Crippen LogP contribution >= 0.6 is 0 Å². The van der Waals surface area contributed by atoms with Gasteiger partial charge in [-0.25, -0.2) is 9.67 Å². The van der Waals surface area contributed by atoms with Gasteiger partial charge in [-0.1, -0.05) is 6.07 Å². The van der Waals surface area contributed by atoms with Crippen molar-refractivity contribution in [2.24, 2.45) is 0 Å². The summed E-state index contributed by atoms with van der Waals surface area (Å²) in [4.78, 5) is 4.44. The fraction of sp³-hybridized carbons (Fsp3) is 0.500. The summed E-state index contributed by atoms with van der Waals surface area (Å²) >= 11 is 0. The molecule has 2 aromatic heterocycles. The van der Waals surface area contributed by atoms with Crippen LogP contribution < -0.4 is 10.6 Å². The first-order chi connectivity index (χ1) is 10.8. The van der Waals surface area contributed by atoms with E-state index in [1.54, 1.807) is 10.9 Å². The van der Waals surface area contributed by atoms with Gasteiger partial charge in [-0.15, -0.1) is 0 Å². The number of methoxy groups -OCH3 is 1. The Balaban J connectivity index is 1.53. The second-order valence-electron chi connectivity index (χ2n) is 5.72. The van der Waals surface area contributed by atoms with Crippen molar-refractivity contribution in [3.8, 4) is 5.82 Å². The predicted octanol–water partition coefficient (Wildman–Crippen LogP) is 1.13. The highest BCUT2D eigenvalue weighted by molar-refractivity contribution is 5.24. The van der Waals surface area contributed by atoms with Crippen LogP contribution in [0.5, 0.6) is 0 Å². The Kier molecular flexibility index (Phi) is 4.82. The average Bonchev–Trinajstić information content (AvgIpc) is 3.11. The number of hydrogen-bond donors (Lipinski definition) is 2. The van der Waals surface area contributed by atoms with Gasteiger partial charge in [0.2, 0.25) is 0 Å². The molecule has 1 aliphatic heterocycles. The van der Waals surface area contributed by atoms with Crippen LogP contribution in [0.2, 0.25) is 0 Å². The second-order valence-corrected chi connectivity index (χ2v) is 5.72. The van der Waals surface area contributed by atoms with Crippen molar-refractivity contribution in [1.82, 2.24) is 25.4 Å². The van der Waals surface area contributed by atoms with E-state index in [1.165, 1.54) is 0 Å². The van der Waals surface area contributed by atoms with Crippen molar-refractivity contribution >= 4 is 0 Å². The lowest BCUT2D eigenvalue weighted by Crippen LogP contribution is -2.49. The number of hydrogen-bond acceptors (Lipinski definition) is 5. The number of rotatable bonds is 6. The van der Waals surface area contributed by atoms with E-state index in [0.717, 1.165) is 50.4 Å². The summed E-state index contributed by atoms with van der Waals surface area (Å²) in [6.45, 7) is 3.71. The van der Waals surface area contributed by atoms with Gasteiger partial charge in [0.1, 0.15) is 0 Å². The molecule has 0 bridgehead atoms. The largest absolute Gasteiger partial charge is 0.377 e. The number of ether oxygens (including phenoxy) is 1. The number of aromatic nitrogens is 3. The third-order valence-electron chi connectivity index (χ3n) is 4.27. The van der Waals surface area contributed by atoms with Crippen LogP contribution in [-0.2, 0) is 11.3 Å². The van der Waals surface area contributed by atoms with Gasteiger partial charge in [0.15, 0.2) is 5.82 Å². The molecule has 0 spiro atoms. The zero-order valence-electron chi connectivity index (χ0n) is 13.0. The van der Waals surface area contributed by atoms with Crippen LogP contribution in [-0.4, -0.2) is 47.1 Å². The molecule has 6 heteroatoms. The lowest BCUT2D eigenvalue weighted by Gasteiger charge is -2.36. The van der Waals surface area contributed by atoms with Crippen LogP contribution in [0.1, 0.15) is 18.4 Å². The summed E-state index contributed by atoms with van der Waals surface area (Å²) in [6.07, 6.45) is 7.63. The Morgan fingerprint density at radius 3 is 2.86 bits per heavy atom. The normalized spacial score (nSPS) is 17.5. The molecule has 0 amide bonds. The number of nitrogens with one attached hydrogen (secondary N) is 2. The number of pyridine rings is 1. The lowest BCUT2D eigenvalue weighted by atomic mass is 9.92. The third-order valence-corrected chi connectivity index (χ3v) is 4.27. The Hall–Kier alpha value is -1.76. The van der Waals surface area contributed by atoms with E-state index < -0.39 is 0 Å². The van der Waals surface area contributed by atoms with Crippen molar-refractivity contribution < 1.29 is 4.74 Å². The third kappa shape index (κ3) is 3.52. The summed E-state index contributed by atoms with van der Waals surface area (Å²) < 4.78 is 7.51. The van der Waals surface area contributed by atoms with Gasteiger partial charge in [0.25, 0.3) is 0 Å². The molecule has 0 radical (unpaired) electrons. The Morgan fingerprint density at radius 2 is 2.23 bits per heavy atom. The van der Waals surface area contributed by atoms with Gasteiger partial charge in [-0.05, 0) is 43.6 Å². The first kappa shape index (κ1) is 15.1. The second kappa shape index (κ2) is 7.00. The lowest BCUT2D eigenvalue weighted by molar-refractivity contribution is -0.0326. The smallest absolute Gasteiger partial charge is 0.153 e. The van der Waals surface area contributed by atoms with Gasteiger partial charge >= 0.3 is 0 Å². The van der Waals surface area contributed by atoms with Crippen LogP contribution in [0.25, 0.3) is 5.82 Å². The minimum Gasteiger partial charge on any atom is -0.377 e. The molecule has 6 nitrogen and oxygen atoms in total. The van der Waals surface area contributed by atoms with Gasteiger partial charge in [0.05, 0.1) is 5.60 Å². The average molecular weight is 301 g/mol. The van der Waals surface area contributed by atoms with E-state index in [-0.39, 0.29) is 5.60 Å². The van der Waals surface area contributed by atoms with Crippen LogP contribution in [0, 0.1) is 0 Å². The zero-order chi connectivity index (χ0) is 15.3. The summed E-state index contributed by atoms with van der Waals surface area (Å²) in [7, 11) is 1.81. The fourth-order valence-corrected chi connectivity index (χ4v) is 2.83. The zero-order valence-corrected chi connectivity index (χ0v) is 13.0. The molecule has 0 aliphatic carbocycles. The van der Waals surface area contributed by atoms with E-state index in [9.17, 15) is 0 Å².